The Labute approximate surface area is 111 Å². The van der Waals surface area contributed by atoms with Crippen LogP contribution in [0.3, 0.4) is 0 Å². The Hall–Kier alpha value is -2.62. The summed E-state index contributed by atoms with van der Waals surface area (Å²) in [7, 11) is 0. The number of hydrogen-bond acceptors (Lipinski definition) is 1. The maximum absolute atomic E-state index is 11.9. The molecule has 0 heterocycles. The Morgan fingerprint density at radius 1 is 1.00 bits per heavy atom. The topological polar surface area (TPSA) is 81.5 Å². The minimum Gasteiger partial charge on any atom is -0.370 e. The molecule has 4 N–H and O–H groups in total. The van der Waals surface area contributed by atoms with Crippen molar-refractivity contribution in [3.05, 3.63) is 59.7 Å². The molecular weight excluding hydrogens is 238 g/mol. The van der Waals surface area contributed by atoms with E-state index in [0.717, 1.165) is 16.7 Å². The number of aliphatic imine (C=N–C) groups is 1. The summed E-state index contributed by atoms with van der Waals surface area (Å²) in [5.74, 6) is -0.648. The molecule has 0 saturated carbocycles. The summed E-state index contributed by atoms with van der Waals surface area (Å²) in [5.41, 5.74) is 13.8. The van der Waals surface area contributed by atoms with Crippen LogP contribution in [0.1, 0.15) is 15.9 Å². The molecule has 0 bridgehead atoms. The fraction of sp³-hybridized carbons (Fsp3) is 0.0667. The quantitative estimate of drug-likeness (QED) is 0.635. The second-order valence-electron chi connectivity index (χ2n) is 4.24. The van der Waals surface area contributed by atoms with E-state index >= 15 is 0 Å². The highest BCUT2D eigenvalue weighted by Crippen LogP contribution is 2.22. The summed E-state index contributed by atoms with van der Waals surface area (Å²) < 4.78 is 0. The van der Waals surface area contributed by atoms with Crippen molar-refractivity contribution in [2.75, 3.05) is 0 Å². The number of carbonyl (C=O) groups excluding carboxylic acids is 1. The number of nitrogens with two attached hydrogens (primary N) is 2. The molecule has 0 atom stereocenters. The summed E-state index contributed by atoms with van der Waals surface area (Å²) in [6.45, 7) is 1.85. The van der Waals surface area contributed by atoms with E-state index in [1.807, 2.05) is 49.4 Å². The highest BCUT2D eigenvalue weighted by Gasteiger charge is 2.10. The molecule has 19 heavy (non-hydrogen) atoms. The lowest BCUT2D eigenvalue weighted by Crippen LogP contribution is -2.24. The van der Waals surface area contributed by atoms with Crippen LogP contribution >= 0.6 is 0 Å². The maximum atomic E-state index is 11.9. The van der Waals surface area contributed by atoms with Gasteiger partial charge in [-0.2, -0.15) is 4.99 Å². The van der Waals surface area contributed by atoms with Crippen LogP contribution in [0.25, 0.3) is 11.1 Å². The second kappa shape index (κ2) is 5.35. The molecule has 4 nitrogen and oxygen atoms in total. The van der Waals surface area contributed by atoms with E-state index < -0.39 is 5.91 Å². The first-order valence-corrected chi connectivity index (χ1v) is 5.88. The second-order valence-corrected chi connectivity index (χ2v) is 4.24. The van der Waals surface area contributed by atoms with Crippen LogP contribution < -0.4 is 11.5 Å². The minimum atomic E-state index is -0.421. The van der Waals surface area contributed by atoms with Crippen molar-refractivity contribution in [2.45, 2.75) is 6.92 Å². The van der Waals surface area contributed by atoms with Gasteiger partial charge in [0, 0.05) is 5.56 Å². The molecule has 0 fully saturated rings. The molecule has 2 rings (SSSR count). The molecule has 0 saturated heterocycles. The molecule has 0 aliphatic rings. The number of guanidine groups is 1. The molecular formula is C15H15N3O. The van der Waals surface area contributed by atoms with Crippen LogP contribution in [0.2, 0.25) is 0 Å². The molecule has 0 aromatic heterocycles. The summed E-state index contributed by atoms with van der Waals surface area (Å²) in [6.07, 6.45) is 0. The van der Waals surface area contributed by atoms with E-state index in [2.05, 4.69) is 4.99 Å². The van der Waals surface area contributed by atoms with Gasteiger partial charge in [-0.05, 0) is 29.7 Å². The number of amides is 1. The fourth-order valence-corrected chi connectivity index (χ4v) is 1.84. The largest absolute Gasteiger partial charge is 0.370 e. The fourth-order valence-electron chi connectivity index (χ4n) is 1.84. The first-order chi connectivity index (χ1) is 9.08. The average Bonchev–Trinajstić information content (AvgIpc) is 2.39. The molecule has 0 spiro atoms. The van der Waals surface area contributed by atoms with Gasteiger partial charge in [0.15, 0.2) is 5.96 Å². The molecule has 4 heteroatoms. The van der Waals surface area contributed by atoms with Gasteiger partial charge in [0.05, 0.1) is 0 Å². The Kier molecular flexibility index (Phi) is 3.61. The normalized spacial score (nSPS) is 9.95. The molecule has 0 aliphatic heterocycles. The zero-order chi connectivity index (χ0) is 13.8. The first-order valence-electron chi connectivity index (χ1n) is 5.88. The number of aryl methyl sites for hydroxylation is 1. The summed E-state index contributed by atoms with van der Waals surface area (Å²) in [5, 5.41) is 0. The van der Waals surface area contributed by atoms with Crippen LogP contribution in [-0.4, -0.2) is 11.9 Å². The van der Waals surface area contributed by atoms with Crippen LogP contribution in [0.4, 0.5) is 0 Å². The smallest absolute Gasteiger partial charge is 0.280 e. The zero-order valence-corrected chi connectivity index (χ0v) is 10.6. The van der Waals surface area contributed by atoms with Crippen LogP contribution in [0.15, 0.2) is 53.5 Å². The Morgan fingerprint density at radius 2 is 1.68 bits per heavy atom. The van der Waals surface area contributed by atoms with Crippen LogP contribution in [0.5, 0.6) is 0 Å². The predicted molar refractivity (Wildman–Crippen MR) is 76.8 cm³/mol. The van der Waals surface area contributed by atoms with Gasteiger partial charge in [0.2, 0.25) is 0 Å². The Bertz CT molecular complexity index is 629. The van der Waals surface area contributed by atoms with Crippen molar-refractivity contribution >= 4 is 11.9 Å². The third-order valence-corrected chi connectivity index (χ3v) is 2.81. The summed E-state index contributed by atoms with van der Waals surface area (Å²) >= 11 is 0. The lowest BCUT2D eigenvalue weighted by atomic mass is 9.99. The minimum absolute atomic E-state index is 0.227. The van der Waals surface area contributed by atoms with E-state index in [-0.39, 0.29) is 5.96 Å². The summed E-state index contributed by atoms with van der Waals surface area (Å²) in [4.78, 5) is 15.5. The lowest BCUT2D eigenvalue weighted by Gasteiger charge is -2.06. The van der Waals surface area contributed by atoms with Crippen molar-refractivity contribution in [3.8, 4) is 11.1 Å². The molecule has 2 aromatic carbocycles. The monoisotopic (exact) mass is 253 g/mol. The number of nitrogens with zero attached hydrogens (tertiary/aromatic N) is 1. The van der Waals surface area contributed by atoms with Crippen molar-refractivity contribution in [2.24, 2.45) is 16.5 Å². The average molecular weight is 253 g/mol. The molecule has 2 aromatic rings. The summed E-state index contributed by atoms with van der Waals surface area (Å²) in [6, 6.07) is 15.5. The van der Waals surface area contributed by atoms with Crippen molar-refractivity contribution in [1.82, 2.24) is 0 Å². The molecule has 0 unspecified atom stereocenters. The van der Waals surface area contributed by atoms with E-state index in [4.69, 9.17) is 11.5 Å². The highest BCUT2D eigenvalue weighted by molar-refractivity contribution is 6.03. The van der Waals surface area contributed by atoms with E-state index in [1.165, 1.54) is 0 Å². The SMILES string of the molecule is Cc1ccc(-c2ccccc2)cc1C(=O)N=C(N)N. The van der Waals surface area contributed by atoms with Gasteiger partial charge < -0.3 is 11.5 Å². The first kappa shape index (κ1) is 12.8. The zero-order valence-electron chi connectivity index (χ0n) is 10.6. The molecule has 96 valence electrons. The van der Waals surface area contributed by atoms with Crippen LogP contribution in [-0.2, 0) is 0 Å². The third-order valence-electron chi connectivity index (χ3n) is 2.81. The maximum Gasteiger partial charge on any atom is 0.280 e. The van der Waals surface area contributed by atoms with E-state index in [0.29, 0.717) is 5.56 Å². The van der Waals surface area contributed by atoms with E-state index in [9.17, 15) is 4.79 Å². The third kappa shape index (κ3) is 2.98. The van der Waals surface area contributed by atoms with Crippen LogP contribution in [0, 0.1) is 6.92 Å². The van der Waals surface area contributed by atoms with Gasteiger partial charge in [0.25, 0.3) is 5.91 Å². The van der Waals surface area contributed by atoms with Gasteiger partial charge in [0.1, 0.15) is 0 Å². The predicted octanol–water partition coefficient (Wildman–Crippen LogP) is 2.08. The molecule has 0 aliphatic carbocycles. The Morgan fingerprint density at radius 3 is 2.32 bits per heavy atom. The van der Waals surface area contributed by atoms with Gasteiger partial charge in [-0.15, -0.1) is 0 Å². The standard InChI is InChI=1S/C15H15N3O/c1-10-7-8-12(11-5-3-2-4-6-11)9-13(10)14(19)18-15(16)17/h2-9H,1H3,(H4,16,17,18,19). The number of carbonyl (C=O) groups is 1. The molecule has 0 radical (unpaired) electrons. The van der Waals surface area contributed by atoms with Gasteiger partial charge in [-0.3, -0.25) is 4.79 Å². The number of rotatable bonds is 2. The van der Waals surface area contributed by atoms with Gasteiger partial charge in [-0.25, -0.2) is 0 Å². The van der Waals surface area contributed by atoms with Crippen molar-refractivity contribution < 1.29 is 4.79 Å². The number of benzene rings is 2. The highest BCUT2D eigenvalue weighted by atomic mass is 16.1. The van der Waals surface area contributed by atoms with Gasteiger partial charge >= 0.3 is 0 Å². The van der Waals surface area contributed by atoms with Crippen molar-refractivity contribution in [3.63, 3.8) is 0 Å². The number of hydrogen-bond donors (Lipinski definition) is 2. The molecule has 1 amide bonds. The Balaban J connectivity index is 2.46. The van der Waals surface area contributed by atoms with Crippen molar-refractivity contribution in [1.29, 1.82) is 0 Å². The lowest BCUT2D eigenvalue weighted by molar-refractivity contribution is 0.100. The van der Waals surface area contributed by atoms with Gasteiger partial charge in [-0.1, -0.05) is 42.5 Å². The van der Waals surface area contributed by atoms with E-state index in [1.54, 1.807) is 6.07 Å².